The highest BCUT2D eigenvalue weighted by Crippen LogP contribution is 2.38. The van der Waals surface area contributed by atoms with Gasteiger partial charge in [-0.15, -0.1) is 0 Å². The molecule has 0 fully saturated rings. The fraction of sp³-hybridized carbons (Fsp3) is 0.185. The summed E-state index contributed by atoms with van der Waals surface area (Å²) in [6.07, 6.45) is 2.34. The van der Waals surface area contributed by atoms with Crippen LogP contribution >= 0.6 is 15.9 Å². The molecule has 8 nitrogen and oxygen atoms in total. The third kappa shape index (κ3) is 5.80. The molecule has 0 atom stereocenters. The lowest BCUT2D eigenvalue weighted by atomic mass is 10.1. The first-order chi connectivity index (χ1) is 17.4. The Morgan fingerprint density at radius 1 is 1.11 bits per heavy atom. The Morgan fingerprint density at radius 3 is 2.58 bits per heavy atom. The summed E-state index contributed by atoms with van der Waals surface area (Å²) in [5.74, 6) is 0.593. The standard InChI is InChI=1S/C27H23BrN2O6/c1-3-34-24-16-19(14-21(28)25(24)35-12-11-18-7-5-4-6-8-18)15-22-27(31)36-26(29-22)20-9-10-23(30(32)33)17(2)13-20/h4-10,13-16H,3,11-12H2,1-2H3/b22-15-. The molecule has 0 bridgehead atoms. The number of aryl methyl sites for hydroxylation is 1. The van der Waals surface area contributed by atoms with Gasteiger partial charge < -0.3 is 14.2 Å². The molecule has 3 aromatic rings. The van der Waals surface area contributed by atoms with Crippen molar-refractivity contribution in [3.05, 3.63) is 103 Å². The summed E-state index contributed by atoms with van der Waals surface area (Å²) < 4.78 is 17.8. The van der Waals surface area contributed by atoms with Crippen molar-refractivity contribution in [1.29, 1.82) is 0 Å². The maximum Gasteiger partial charge on any atom is 0.363 e. The van der Waals surface area contributed by atoms with E-state index in [-0.39, 0.29) is 17.3 Å². The van der Waals surface area contributed by atoms with Crippen LogP contribution in [0.4, 0.5) is 5.69 Å². The van der Waals surface area contributed by atoms with Crippen molar-refractivity contribution in [2.24, 2.45) is 4.99 Å². The molecule has 184 valence electrons. The zero-order valence-electron chi connectivity index (χ0n) is 19.7. The van der Waals surface area contributed by atoms with E-state index in [0.717, 1.165) is 6.42 Å². The van der Waals surface area contributed by atoms with Gasteiger partial charge in [0, 0.05) is 23.6 Å². The smallest absolute Gasteiger partial charge is 0.363 e. The molecule has 0 aliphatic carbocycles. The Hall–Kier alpha value is -3.98. The van der Waals surface area contributed by atoms with Gasteiger partial charge in [0.1, 0.15) is 0 Å². The second-order valence-electron chi connectivity index (χ2n) is 7.94. The van der Waals surface area contributed by atoms with Gasteiger partial charge in [0.05, 0.1) is 22.6 Å². The molecular formula is C27H23BrN2O6. The van der Waals surface area contributed by atoms with Crippen LogP contribution in [0.5, 0.6) is 11.5 Å². The van der Waals surface area contributed by atoms with Crippen molar-refractivity contribution >= 4 is 39.6 Å². The van der Waals surface area contributed by atoms with E-state index in [2.05, 4.69) is 20.9 Å². The molecule has 0 amide bonds. The highest BCUT2D eigenvalue weighted by atomic mass is 79.9. The fourth-order valence-corrected chi connectivity index (χ4v) is 4.25. The molecule has 0 saturated carbocycles. The minimum atomic E-state index is -0.613. The third-order valence-electron chi connectivity index (χ3n) is 5.38. The van der Waals surface area contributed by atoms with Crippen LogP contribution in [-0.4, -0.2) is 30.0 Å². The number of nitro benzene ring substituents is 1. The van der Waals surface area contributed by atoms with Gasteiger partial charge in [0.15, 0.2) is 17.2 Å². The van der Waals surface area contributed by atoms with Crippen LogP contribution in [0.15, 0.2) is 75.8 Å². The Labute approximate surface area is 216 Å². The number of aliphatic imine (C=N–C) groups is 1. The van der Waals surface area contributed by atoms with Crippen molar-refractivity contribution < 1.29 is 23.9 Å². The summed E-state index contributed by atoms with van der Waals surface area (Å²) in [5.41, 5.74) is 2.85. The first-order valence-electron chi connectivity index (χ1n) is 11.3. The average molecular weight is 551 g/mol. The van der Waals surface area contributed by atoms with Crippen LogP contribution in [0.2, 0.25) is 0 Å². The number of rotatable bonds is 9. The van der Waals surface area contributed by atoms with Crippen LogP contribution in [0, 0.1) is 17.0 Å². The minimum Gasteiger partial charge on any atom is -0.490 e. The molecule has 0 spiro atoms. The summed E-state index contributed by atoms with van der Waals surface area (Å²) in [6, 6.07) is 18.1. The van der Waals surface area contributed by atoms with Crippen LogP contribution in [0.1, 0.15) is 29.2 Å². The number of nitrogens with zero attached hydrogens (tertiary/aromatic N) is 2. The van der Waals surface area contributed by atoms with Crippen molar-refractivity contribution in [2.75, 3.05) is 13.2 Å². The topological polar surface area (TPSA) is 100 Å². The zero-order chi connectivity index (χ0) is 25.7. The molecule has 4 rings (SSSR count). The van der Waals surface area contributed by atoms with Gasteiger partial charge >= 0.3 is 5.97 Å². The second kappa shape index (κ2) is 11.2. The first-order valence-corrected chi connectivity index (χ1v) is 12.1. The summed E-state index contributed by atoms with van der Waals surface area (Å²) in [6.45, 7) is 4.40. The summed E-state index contributed by atoms with van der Waals surface area (Å²) >= 11 is 3.55. The lowest BCUT2D eigenvalue weighted by molar-refractivity contribution is -0.385. The molecular weight excluding hydrogens is 528 g/mol. The molecule has 1 aliphatic rings. The number of hydrogen-bond donors (Lipinski definition) is 0. The number of hydrogen-bond acceptors (Lipinski definition) is 7. The van der Waals surface area contributed by atoms with E-state index in [1.165, 1.54) is 17.7 Å². The molecule has 0 N–H and O–H groups in total. The monoisotopic (exact) mass is 550 g/mol. The van der Waals surface area contributed by atoms with Gasteiger partial charge in [-0.25, -0.2) is 9.79 Å². The van der Waals surface area contributed by atoms with E-state index in [9.17, 15) is 14.9 Å². The molecule has 1 aliphatic heterocycles. The molecule has 0 saturated heterocycles. The van der Waals surface area contributed by atoms with Crippen LogP contribution < -0.4 is 9.47 Å². The van der Waals surface area contributed by atoms with E-state index in [0.29, 0.717) is 45.9 Å². The predicted octanol–water partition coefficient (Wildman–Crippen LogP) is 6.03. The van der Waals surface area contributed by atoms with Crippen molar-refractivity contribution in [3.63, 3.8) is 0 Å². The number of nitro groups is 1. The highest BCUT2D eigenvalue weighted by molar-refractivity contribution is 9.10. The lowest BCUT2D eigenvalue weighted by Crippen LogP contribution is -2.06. The van der Waals surface area contributed by atoms with Crippen LogP contribution in [0.3, 0.4) is 0 Å². The maximum atomic E-state index is 12.5. The molecule has 3 aromatic carbocycles. The predicted molar refractivity (Wildman–Crippen MR) is 139 cm³/mol. The van der Waals surface area contributed by atoms with Crippen LogP contribution in [0.25, 0.3) is 6.08 Å². The SMILES string of the molecule is CCOc1cc(/C=C2\N=C(c3ccc([N+](=O)[O-])c(C)c3)OC2=O)cc(Br)c1OCCc1ccccc1. The third-order valence-corrected chi connectivity index (χ3v) is 5.97. The van der Waals surface area contributed by atoms with E-state index in [1.54, 1.807) is 25.1 Å². The van der Waals surface area contributed by atoms with E-state index < -0.39 is 10.9 Å². The van der Waals surface area contributed by atoms with Gasteiger partial charge in [-0.2, -0.15) is 0 Å². The van der Waals surface area contributed by atoms with E-state index in [1.807, 2.05) is 43.3 Å². The first kappa shape index (κ1) is 25.1. The molecule has 0 radical (unpaired) electrons. The molecule has 9 heteroatoms. The van der Waals surface area contributed by atoms with Gasteiger partial charge in [-0.3, -0.25) is 10.1 Å². The van der Waals surface area contributed by atoms with E-state index >= 15 is 0 Å². The largest absolute Gasteiger partial charge is 0.490 e. The van der Waals surface area contributed by atoms with Gasteiger partial charge in [0.2, 0.25) is 5.90 Å². The van der Waals surface area contributed by atoms with Crippen molar-refractivity contribution in [2.45, 2.75) is 20.3 Å². The van der Waals surface area contributed by atoms with Crippen LogP contribution in [-0.2, 0) is 16.0 Å². The summed E-state index contributed by atoms with van der Waals surface area (Å²) in [5, 5.41) is 11.1. The average Bonchev–Trinajstić information content (AvgIpc) is 3.21. The molecule has 0 unspecified atom stereocenters. The van der Waals surface area contributed by atoms with Gasteiger partial charge in [-0.05, 0) is 71.2 Å². The van der Waals surface area contributed by atoms with Gasteiger partial charge in [0.25, 0.3) is 5.69 Å². The number of benzene rings is 3. The molecule has 0 aromatic heterocycles. The van der Waals surface area contributed by atoms with Crippen molar-refractivity contribution in [1.82, 2.24) is 0 Å². The quantitative estimate of drug-likeness (QED) is 0.139. The number of carbonyl (C=O) groups is 1. The van der Waals surface area contributed by atoms with E-state index in [4.69, 9.17) is 14.2 Å². The number of carbonyl (C=O) groups excluding carboxylic acids is 1. The Kier molecular flexibility index (Phi) is 7.80. The summed E-state index contributed by atoms with van der Waals surface area (Å²) in [4.78, 5) is 27.4. The van der Waals surface area contributed by atoms with Crippen molar-refractivity contribution in [3.8, 4) is 11.5 Å². The molecule has 1 heterocycles. The molecule has 36 heavy (non-hydrogen) atoms. The summed E-state index contributed by atoms with van der Waals surface area (Å²) in [7, 11) is 0. The Balaban J connectivity index is 1.57. The number of halogens is 1. The normalized spacial score (nSPS) is 13.9. The zero-order valence-corrected chi connectivity index (χ0v) is 21.3. The second-order valence-corrected chi connectivity index (χ2v) is 8.80. The number of ether oxygens (including phenoxy) is 3. The highest BCUT2D eigenvalue weighted by Gasteiger charge is 2.25. The number of cyclic esters (lactones) is 1. The number of esters is 1. The minimum absolute atomic E-state index is 0.0150. The lowest BCUT2D eigenvalue weighted by Gasteiger charge is -2.15. The maximum absolute atomic E-state index is 12.5. The Morgan fingerprint density at radius 2 is 1.89 bits per heavy atom. The Bertz CT molecular complexity index is 1370. The fourth-order valence-electron chi connectivity index (χ4n) is 3.67. The van der Waals surface area contributed by atoms with Gasteiger partial charge in [-0.1, -0.05) is 30.3 Å².